The Morgan fingerprint density at radius 1 is 1.32 bits per heavy atom. The van der Waals surface area contributed by atoms with Crippen molar-refractivity contribution >= 4 is 5.91 Å². The third kappa shape index (κ3) is 3.18. The van der Waals surface area contributed by atoms with Crippen molar-refractivity contribution in [1.29, 1.82) is 0 Å². The van der Waals surface area contributed by atoms with Gasteiger partial charge >= 0.3 is 0 Å². The maximum Gasteiger partial charge on any atom is 0.273 e. The number of rotatable bonds is 4. The first-order chi connectivity index (χ1) is 12.0. The summed E-state index contributed by atoms with van der Waals surface area (Å²) >= 11 is 0. The summed E-state index contributed by atoms with van der Waals surface area (Å²) in [6.45, 7) is 2.59. The zero-order valence-corrected chi connectivity index (χ0v) is 14.5. The van der Waals surface area contributed by atoms with Crippen molar-refractivity contribution in [3.8, 4) is 0 Å². The Morgan fingerprint density at radius 3 is 2.84 bits per heavy atom. The molecule has 1 amide bonds. The van der Waals surface area contributed by atoms with Crippen molar-refractivity contribution in [2.45, 2.75) is 44.2 Å². The maximum atomic E-state index is 14.0. The molecule has 1 aromatic heterocycles. The van der Waals surface area contributed by atoms with Crippen LogP contribution in [0.25, 0.3) is 0 Å². The van der Waals surface area contributed by atoms with E-state index in [1.54, 1.807) is 25.1 Å². The fourth-order valence-electron chi connectivity index (χ4n) is 3.58. The molecule has 2 aliphatic rings. The molecule has 2 heterocycles. The number of halogens is 1. The van der Waals surface area contributed by atoms with Crippen LogP contribution in [0.5, 0.6) is 0 Å². The lowest BCUT2D eigenvalue weighted by Gasteiger charge is -2.26. The Kier molecular flexibility index (Phi) is 4.07. The minimum atomic E-state index is -0.228. The number of likely N-dealkylation sites (N-methyl/N-ethyl adjacent to an activating group) is 1. The highest BCUT2D eigenvalue weighted by atomic mass is 19.1. The van der Waals surface area contributed by atoms with Gasteiger partial charge in [0.2, 0.25) is 0 Å². The minimum Gasteiger partial charge on any atom is -0.360 e. The van der Waals surface area contributed by atoms with E-state index in [0.29, 0.717) is 17.2 Å². The molecular weight excluding hydrogens is 321 g/mol. The van der Waals surface area contributed by atoms with E-state index in [4.69, 9.17) is 4.52 Å². The lowest BCUT2D eigenvalue weighted by atomic mass is 9.98. The summed E-state index contributed by atoms with van der Waals surface area (Å²) in [5, 5.41) is 6.96. The number of carbonyl (C=O) groups excluding carboxylic acids is 1. The standard InChI is InChI=1S/C19H22FN3O2/c1-11-3-4-13(9-14(11)20)18-15(7-8-23(18)2)21-19(24)16-10-17(25-22-16)12-5-6-12/h3-4,9-10,12,15,18H,5-8H2,1-2H3,(H,21,24). The zero-order valence-electron chi connectivity index (χ0n) is 14.5. The van der Waals surface area contributed by atoms with E-state index in [0.717, 1.165) is 37.1 Å². The van der Waals surface area contributed by atoms with E-state index in [2.05, 4.69) is 15.4 Å². The van der Waals surface area contributed by atoms with Crippen molar-refractivity contribution < 1.29 is 13.7 Å². The van der Waals surface area contributed by atoms with Crippen molar-refractivity contribution in [1.82, 2.24) is 15.4 Å². The molecule has 2 unspecified atom stereocenters. The second kappa shape index (κ2) is 6.26. The Bertz CT molecular complexity index is 800. The normalized spacial score (nSPS) is 23.8. The molecule has 25 heavy (non-hydrogen) atoms. The highest BCUT2D eigenvalue weighted by molar-refractivity contribution is 5.92. The van der Waals surface area contributed by atoms with Crippen molar-refractivity contribution in [2.24, 2.45) is 0 Å². The number of nitrogens with zero attached hydrogens (tertiary/aromatic N) is 2. The molecule has 2 aromatic rings. The van der Waals surface area contributed by atoms with Gasteiger partial charge in [-0.3, -0.25) is 9.69 Å². The molecule has 4 rings (SSSR count). The van der Waals surface area contributed by atoms with Gasteiger partial charge in [-0.15, -0.1) is 0 Å². The summed E-state index contributed by atoms with van der Waals surface area (Å²) in [7, 11) is 2.00. The fourth-order valence-corrected chi connectivity index (χ4v) is 3.58. The summed E-state index contributed by atoms with van der Waals surface area (Å²) in [5.74, 6) is 0.780. The largest absolute Gasteiger partial charge is 0.360 e. The van der Waals surface area contributed by atoms with Crippen LogP contribution in [0.15, 0.2) is 28.8 Å². The highest BCUT2D eigenvalue weighted by Gasteiger charge is 2.35. The Labute approximate surface area is 146 Å². The number of aromatic nitrogens is 1. The lowest BCUT2D eigenvalue weighted by Crippen LogP contribution is -2.39. The van der Waals surface area contributed by atoms with Crippen LogP contribution >= 0.6 is 0 Å². The van der Waals surface area contributed by atoms with Crippen LogP contribution in [0.1, 0.15) is 58.6 Å². The molecule has 5 nitrogen and oxygen atoms in total. The van der Waals surface area contributed by atoms with Crippen LogP contribution < -0.4 is 5.32 Å². The van der Waals surface area contributed by atoms with Gasteiger partial charge in [0.25, 0.3) is 5.91 Å². The molecule has 2 fully saturated rings. The number of carbonyl (C=O) groups is 1. The van der Waals surface area contributed by atoms with Gasteiger partial charge in [0.15, 0.2) is 5.69 Å². The van der Waals surface area contributed by atoms with Crippen LogP contribution in [0, 0.1) is 12.7 Å². The van der Waals surface area contributed by atoms with Gasteiger partial charge in [-0.2, -0.15) is 0 Å². The average Bonchev–Trinajstić information content (AvgIpc) is 3.20. The van der Waals surface area contributed by atoms with Gasteiger partial charge in [0, 0.05) is 18.5 Å². The molecule has 6 heteroatoms. The molecule has 1 aliphatic heterocycles. The molecule has 0 bridgehead atoms. The second-order valence-corrected chi connectivity index (χ2v) is 7.19. The van der Waals surface area contributed by atoms with Gasteiger partial charge in [-0.1, -0.05) is 17.3 Å². The Morgan fingerprint density at radius 2 is 2.12 bits per heavy atom. The summed E-state index contributed by atoms with van der Waals surface area (Å²) in [5.41, 5.74) is 1.83. The number of amides is 1. The summed E-state index contributed by atoms with van der Waals surface area (Å²) in [6, 6.07) is 6.91. The summed E-state index contributed by atoms with van der Waals surface area (Å²) < 4.78 is 19.2. The van der Waals surface area contributed by atoms with Gasteiger partial charge < -0.3 is 9.84 Å². The predicted molar refractivity (Wildman–Crippen MR) is 90.9 cm³/mol. The van der Waals surface area contributed by atoms with Crippen LogP contribution in [0.3, 0.4) is 0 Å². The average molecular weight is 343 g/mol. The highest BCUT2D eigenvalue weighted by Crippen LogP contribution is 2.40. The smallest absolute Gasteiger partial charge is 0.273 e. The van der Waals surface area contributed by atoms with Crippen molar-refractivity contribution in [2.75, 3.05) is 13.6 Å². The second-order valence-electron chi connectivity index (χ2n) is 7.19. The molecular formula is C19H22FN3O2. The zero-order chi connectivity index (χ0) is 17.6. The molecule has 2 atom stereocenters. The molecule has 0 spiro atoms. The topological polar surface area (TPSA) is 58.4 Å². The Hall–Kier alpha value is -2.21. The monoisotopic (exact) mass is 343 g/mol. The fraction of sp³-hybridized carbons (Fsp3) is 0.474. The van der Waals surface area contributed by atoms with E-state index in [9.17, 15) is 9.18 Å². The third-order valence-corrected chi connectivity index (χ3v) is 5.24. The number of hydrogen-bond donors (Lipinski definition) is 1. The molecule has 1 saturated carbocycles. The predicted octanol–water partition coefficient (Wildman–Crippen LogP) is 3.17. The van der Waals surface area contributed by atoms with Crippen LogP contribution in [-0.2, 0) is 0 Å². The van der Waals surface area contributed by atoms with E-state index >= 15 is 0 Å². The first-order valence-electron chi connectivity index (χ1n) is 8.76. The summed E-state index contributed by atoms with van der Waals surface area (Å²) in [6.07, 6.45) is 3.02. The van der Waals surface area contributed by atoms with Crippen LogP contribution in [-0.4, -0.2) is 35.6 Å². The first-order valence-corrected chi connectivity index (χ1v) is 8.76. The van der Waals surface area contributed by atoms with Gasteiger partial charge in [-0.25, -0.2) is 4.39 Å². The molecule has 132 valence electrons. The molecule has 1 N–H and O–H groups in total. The number of likely N-dealkylation sites (tertiary alicyclic amines) is 1. The van der Waals surface area contributed by atoms with E-state index in [-0.39, 0.29) is 23.8 Å². The summed E-state index contributed by atoms with van der Waals surface area (Å²) in [4.78, 5) is 14.7. The van der Waals surface area contributed by atoms with Gasteiger partial charge in [0.1, 0.15) is 11.6 Å². The SMILES string of the molecule is Cc1ccc(C2C(NC(=O)c3cc(C4CC4)on3)CCN2C)cc1F. The quantitative estimate of drug-likeness (QED) is 0.926. The van der Waals surface area contributed by atoms with Gasteiger partial charge in [-0.05, 0) is 50.4 Å². The van der Waals surface area contributed by atoms with Crippen molar-refractivity contribution in [3.63, 3.8) is 0 Å². The number of nitrogens with one attached hydrogen (secondary N) is 1. The number of aryl methyl sites for hydroxylation is 1. The number of benzene rings is 1. The molecule has 1 saturated heterocycles. The molecule has 1 aliphatic carbocycles. The molecule has 0 radical (unpaired) electrons. The van der Waals surface area contributed by atoms with Crippen LogP contribution in [0.2, 0.25) is 0 Å². The van der Waals surface area contributed by atoms with Crippen molar-refractivity contribution in [3.05, 3.63) is 52.7 Å². The van der Waals surface area contributed by atoms with Gasteiger partial charge in [0.05, 0.1) is 12.1 Å². The third-order valence-electron chi connectivity index (χ3n) is 5.24. The minimum absolute atomic E-state index is 0.0474. The van der Waals surface area contributed by atoms with E-state index in [1.165, 1.54) is 0 Å². The number of hydrogen-bond acceptors (Lipinski definition) is 4. The first kappa shape index (κ1) is 16.3. The maximum absolute atomic E-state index is 14.0. The van der Waals surface area contributed by atoms with E-state index < -0.39 is 0 Å². The Balaban J connectivity index is 1.51. The lowest BCUT2D eigenvalue weighted by molar-refractivity contribution is 0.0918. The molecule has 1 aromatic carbocycles. The van der Waals surface area contributed by atoms with E-state index in [1.807, 2.05) is 13.1 Å². The van der Waals surface area contributed by atoms with Crippen LogP contribution in [0.4, 0.5) is 4.39 Å².